The van der Waals surface area contributed by atoms with Crippen LogP contribution in [0, 0.1) is 0 Å². The number of carbonyl (C=O) groups excluding carboxylic acids is 2. The highest BCUT2D eigenvalue weighted by Crippen LogP contribution is 2.35. The van der Waals surface area contributed by atoms with Crippen molar-refractivity contribution in [3.05, 3.63) is 40.5 Å². The molecule has 0 saturated carbocycles. The van der Waals surface area contributed by atoms with Gasteiger partial charge in [0.25, 0.3) is 0 Å². The third-order valence-corrected chi connectivity index (χ3v) is 3.02. The minimum absolute atomic E-state index is 0.0412. The maximum absolute atomic E-state index is 13.3. The van der Waals surface area contributed by atoms with Crippen LogP contribution in [0.2, 0.25) is 0 Å². The van der Waals surface area contributed by atoms with Crippen LogP contribution in [0.3, 0.4) is 0 Å². The van der Waals surface area contributed by atoms with Gasteiger partial charge in [0.2, 0.25) is 0 Å². The van der Waals surface area contributed by atoms with Gasteiger partial charge in [-0.2, -0.15) is 13.2 Å². The Kier molecular flexibility index (Phi) is 6.36. The number of ether oxygens (including phenoxy) is 2. The molecular formula is C16H17F3O4. The van der Waals surface area contributed by atoms with Crippen LogP contribution in [0.4, 0.5) is 13.2 Å². The molecule has 0 spiro atoms. The number of rotatable bonds is 5. The first-order valence-corrected chi connectivity index (χ1v) is 6.91. The van der Waals surface area contributed by atoms with Crippen molar-refractivity contribution in [2.24, 2.45) is 0 Å². The molecule has 1 rings (SSSR count). The van der Waals surface area contributed by atoms with Crippen molar-refractivity contribution >= 4 is 18.0 Å². The number of benzene rings is 1. The van der Waals surface area contributed by atoms with E-state index in [0.29, 0.717) is 12.0 Å². The molecular weight excluding hydrogens is 313 g/mol. The average Bonchev–Trinajstić information content (AvgIpc) is 2.50. The summed E-state index contributed by atoms with van der Waals surface area (Å²) in [6, 6.07) is 2.34. The van der Waals surface area contributed by atoms with Crippen LogP contribution in [-0.4, -0.2) is 25.7 Å². The fourth-order valence-corrected chi connectivity index (χ4v) is 1.94. The van der Waals surface area contributed by atoms with Gasteiger partial charge in [0, 0.05) is 6.08 Å². The van der Waals surface area contributed by atoms with Crippen molar-refractivity contribution in [1.29, 1.82) is 0 Å². The average molecular weight is 330 g/mol. The lowest BCUT2D eigenvalue weighted by Crippen LogP contribution is -2.17. The molecule has 0 amide bonds. The van der Waals surface area contributed by atoms with Gasteiger partial charge in [-0.15, -0.1) is 0 Å². The van der Waals surface area contributed by atoms with Crippen LogP contribution in [0.1, 0.15) is 40.9 Å². The number of alkyl halides is 3. The first-order valence-electron chi connectivity index (χ1n) is 6.91. The van der Waals surface area contributed by atoms with E-state index in [1.54, 1.807) is 6.92 Å². The third kappa shape index (κ3) is 4.84. The second kappa shape index (κ2) is 7.80. The van der Waals surface area contributed by atoms with Crippen molar-refractivity contribution in [2.75, 3.05) is 13.7 Å². The van der Waals surface area contributed by atoms with Crippen molar-refractivity contribution in [1.82, 2.24) is 0 Å². The van der Waals surface area contributed by atoms with E-state index in [1.165, 1.54) is 13.0 Å². The molecule has 0 saturated heterocycles. The zero-order chi connectivity index (χ0) is 17.6. The van der Waals surface area contributed by atoms with E-state index in [2.05, 4.69) is 4.74 Å². The van der Waals surface area contributed by atoms with Crippen molar-refractivity contribution in [3.63, 3.8) is 0 Å². The summed E-state index contributed by atoms with van der Waals surface area (Å²) in [6.45, 7) is 3.12. The SMILES string of the molecule is CCOC(=O)c1c(C=CC(=O)OC)cc(CC)cc1C(F)(F)F. The smallest absolute Gasteiger partial charge is 0.417 e. The van der Waals surface area contributed by atoms with E-state index in [1.807, 2.05) is 0 Å². The number of methoxy groups -OCH3 is 1. The Labute approximate surface area is 131 Å². The Bertz CT molecular complexity index is 618. The van der Waals surface area contributed by atoms with Crippen LogP contribution >= 0.6 is 0 Å². The van der Waals surface area contributed by atoms with E-state index in [9.17, 15) is 22.8 Å². The molecule has 4 nitrogen and oxygen atoms in total. The quantitative estimate of drug-likeness (QED) is 0.611. The van der Waals surface area contributed by atoms with Gasteiger partial charge in [-0.25, -0.2) is 9.59 Å². The lowest BCUT2D eigenvalue weighted by Gasteiger charge is -2.16. The minimum atomic E-state index is -4.72. The molecule has 23 heavy (non-hydrogen) atoms. The fraction of sp³-hybridized carbons (Fsp3) is 0.375. The molecule has 0 unspecified atom stereocenters. The van der Waals surface area contributed by atoms with Crippen LogP contribution in [0.25, 0.3) is 6.08 Å². The van der Waals surface area contributed by atoms with Crippen LogP contribution in [0.5, 0.6) is 0 Å². The first-order chi connectivity index (χ1) is 10.7. The monoisotopic (exact) mass is 330 g/mol. The number of aryl methyl sites for hydroxylation is 1. The first kappa shape index (κ1) is 18.7. The molecule has 0 aliphatic rings. The highest BCUT2D eigenvalue weighted by Gasteiger charge is 2.37. The summed E-state index contributed by atoms with van der Waals surface area (Å²) < 4.78 is 49.0. The van der Waals surface area contributed by atoms with Crippen molar-refractivity contribution < 1.29 is 32.2 Å². The minimum Gasteiger partial charge on any atom is -0.466 e. The fourth-order valence-electron chi connectivity index (χ4n) is 1.94. The summed E-state index contributed by atoms with van der Waals surface area (Å²) in [5.41, 5.74) is -1.35. The third-order valence-electron chi connectivity index (χ3n) is 3.02. The molecule has 0 radical (unpaired) electrons. The van der Waals surface area contributed by atoms with Crippen molar-refractivity contribution in [3.8, 4) is 0 Å². The number of hydrogen-bond donors (Lipinski definition) is 0. The summed E-state index contributed by atoms with van der Waals surface area (Å²) in [5, 5.41) is 0. The molecule has 0 bridgehead atoms. The zero-order valence-corrected chi connectivity index (χ0v) is 13.0. The highest BCUT2D eigenvalue weighted by atomic mass is 19.4. The molecule has 0 aliphatic heterocycles. The largest absolute Gasteiger partial charge is 0.466 e. The standard InChI is InChI=1S/C16H17F3O4/c1-4-10-8-11(6-7-13(20)22-3)14(15(21)23-5-2)12(9-10)16(17,18)19/h6-9H,4-5H2,1-3H3. The summed E-state index contributed by atoms with van der Waals surface area (Å²) in [5.74, 6) is -1.83. The number of halogens is 3. The van der Waals surface area contributed by atoms with Crippen LogP contribution in [0.15, 0.2) is 18.2 Å². The van der Waals surface area contributed by atoms with Gasteiger partial charge in [-0.1, -0.05) is 13.0 Å². The van der Waals surface area contributed by atoms with Crippen LogP contribution < -0.4 is 0 Å². The van der Waals surface area contributed by atoms with Crippen molar-refractivity contribution in [2.45, 2.75) is 26.4 Å². The number of esters is 2. The molecule has 126 valence electrons. The normalized spacial score (nSPS) is 11.6. The molecule has 0 aliphatic carbocycles. The topological polar surface area (TPSA) is 52.6 Å². The number of hydrogen-bond acceptors (Lipinski definition) is 4. The van der Waals surface area contributed by atoms with E-state index in [-0.39, 0.29) is 12.2 Å². The molecule has 7 heteroatoms. The van der Waals surface area contributed by atoms with E-state index < -0.39 is 29.2 Å². The van der Waals surface area contributed by atoms with E-state index >= 15 is 0 Å². The summed E-state index contributed by atoms with van der Waals surface area (Å²) in [6.07, 6.45) is -2.31. The lowest BCUT2D eigenvalue weighted by molar-refractivity contribution is -0.138. The maximum atomic E-state index is 13.3. The van der Waals surface area contributed by atoms with Crippen LogP contribution in [-0.2, 0) is 26.9 Å². The predicted molar refractivity (Wildman–Crippen MR) is 77.8 cm³/mol. The molecule has 0 atom stereocenters. The summed E-state index contributed by atoms with van der Waals surface area (Å²) >= 11 is 0. The maximum Gasteiger partial charge on any atom is 0.417 e. The van der Waals surface area contributed by atoms with Gasteiger partial charge >= 0.3 is 18.1 Å². The van der Waals surface area contributed by atoms with Gasteiger partial charge < -0.3 is 9.47 Å². The molecule has 1 aromatic rings. The Hall–Kier alpha value is -2.31. The second-order valence-electron chi connectivity index (χ2n) is 4.54. The molecule has 0 N–H and O–H groups in total. The molecule has 0 fully saturated rings. The summed E-state index contributed by atoms with van der Waals surface area (Å²) in [7, 11) is 1.14. The molecule has 0 heterocycles. The Balaban J connectivity index is 3.59. The number of carbonyl (C=O) groups is 2. The van der Waals surface area contributed by atoms with Gasteiger partial charge in [-0.05, 0) is 36.6 Å². The van der Waals surface area contributed by atoms with Gasteiger partial charge in [-0.3, -0.25) is 0 Å². The van der Waals surface area contributed by atoms with Gasteiger partial charge in [0.05, 0.1) is 24.8 Å². The molecule has 0 aromatic heterocycles. The van der Waals surface area contributed by atoms with Gasteiger partial charge in [0.15, 0.2) is 0 Å². The predicted octanol–water partition coefficient (Wildman–Crippen LogP) is 3.63. The Morgan fingerprint density at radius 1 is 1.22 bits per heavy atom. The van der Waals surface area contributed by atoms with Gasteiger partial charge in [0.1, 0.15) is 0 Å². The molecule has 1 aromatic carbocycles. The van der Waals surface area contributed by atoms with E-state index in [4.69, 9.17) is 4.74 Å². The Morgan fingerprint density at radius 3 is 2.35 bits per heavy atom. The highest BCUT2D eigenvalue weighted by molar-refractivity contribution is 5.97. The van der Waals surface area contributed by atoms with E-state index in [0.717, 1.165) is 25.3 Å². The zero-order valence-electron chi connectivity index (χ0n) is 13.0. The Morgan fingerprint density at radius 2 is 1.87 bits per heavy atom. The second-order valence-corrected chi connectivity index (χ2v) is 4.54. The lowest BCUT2D eigenvalue weighted by atomic mass is 9.95. The summed E-state index contributed by atoms with van der Waals surface area (Å²) in [4.78, 5) is 23.2.